The topological polar surface area (TPSA) is 198 Å². The molecule has 0 bridgehead atoms. The van der Waals surface area contributed by atoms with E-state index >= 15 is 0 Å². The molecule has 1 aliphatic heterocycles. The molecule has 14 heteroatoms. The van der Waals surface area contributed by atoms with Crippen LogP contribution in [0.25, 0.3) is 22.6 Å². The van der Waals surface area contributed by atoms with Crippen LogP contribution >= 0.6 is 0 Å². The van der Waals surface area contributed by atoms with Crippen LogP contribution in [0.15, 0.2) is 66.9 Å². The van der Waals surface area contributed by atoms with Gasteiger partial charge in [-0.1, -0.05) is 42.5 Å². The van der Waals surface area contributed by atoms with Gasteiger partial charge in [0, 0.05) is 19.6 Å². The maximum absolute atomic E-state index is 14.4. The summed E-state index contributed by atoms with van der Waals surface area (Å²) in [6.45, 7) is 1.14. The summed E-state index contributed by atoms with van der Waals surface area (Å²) >= 11 is 0. The number of benzene rings is 2. The molecule has 0 saturated carbocycles. The number of halogens is 1. The molecule has 2 amide bonds. The van der Waals surface area contributed by atoms with Gasteiger partial charge in [-0.05, 0) is 42.7 Å². The molecule has 5 aromatic rings. The van der Waals surface area contributed by atoms with E-state index in [4.69, 9.17) is 15.9 Å². The van der Waals surface area contributed by atoms with E-state index < -0.39 is 29.9 Å². The smallest absolute Gasteiger partial charge is 0.328 e. The van der Waals surface area contributed by atoms with Crippen molar-refractivity contribution in [3.05, 3.63) is 94.9 Å². The van der Waals surface area contributed by atoms with E-state index in [1.165, 1.54) is 6.07 Å². The van der Waals surface area contributed by atoms with Crippen LogP contribution in [-0.2, 0) is 32.8 Å². The van der Waals surface area contributed by atoms with E-state index in [0.717, 1.165) is 5.56 Å². The van der Waals surface area contributed by atoms with Crippen molar-refractivity contribution in [1.82, 2.24) is 30.0 Å². The van der Waals surface area contributed by atoms with E-state index in [-0.39, 0.29) is 43.6 Å². The number of aliphatic carboxylic acids is 1. The average Bonchev–Trinajstić information content (AvgIpc) is 3.54. The van der Waals surface area contributed by atoms with Crippen LogP contribution in [0.1, 0.15) is 37.0 Å². The molecule has 0 radical (unpaired) electrons. The highest BCUT2D eigenvalue weighted by Crippen LogP contribution is 2.45. The van der Waals surface area contributed by atoms with Crippen molar-refractivity contribution in [3.63, 3.8) is 0 Å². The highest BCUT2D eigenvalue weighted by atomic mass is 19.1. The molecule has 0 saturated heterocycles. The fourth-order valence-corrected chi connectivity index (χ4v) is 5.58. The molecule has 4 heterocycles. The summed E-state index contributed by atoms with van der Waals surface area (Å²) in [4.78, 5) is 50.3. The number of aromatic nitrogens is 5. The van der Waals surface area contributed by atoms with Crippen LogP contribution in [0.4, 0.5) is 16.0 Å². The van der Waals surface area contributed by atoms with E-state index in [0.29, 0.717) is 39.8 Å². The van der Waals surface area contributed by atoms with Crippen molar-refractivity contribution >= 4 is 40.5 Å². The summed E-state index contributed by atoms with van der Waals surface area (Å²) in [5, 5.41) is 28.5. The summed E-state index contributed by atoms with van der Waals surface area (Å²) < 4.78 is 16.0. The van der Waals surface area contributed by atoms with E-state index in [9.17, 15) is 18.8 Å². The number of nitrogens with one attached hydrogen (secondary N) is 2. The van der Waals surface area contributed by atoms with Gasteiger partial charge < -0.3 is 26.6 Å². The van der Waals surface area contributed by atoms with Crippen molar-refractivity contribution in [3.8, 4) is 11.5 Å². The Balaban J connectivity index is 0.00000433. The normalized spacial score (nSPS) is 16.2. The molecule has 0 aliphatic carbocycles. The largest absolute Gasteiger partial charge is 0.480 e. The molecule has 0 spiro atoms. The number of carbonyl (C=O) groups is 3. The maximum atomic E-state index is 14.4. The van der Waals surface area contributed by atoms with Gasteiger partial charge in [0.15, 0.2) is 11.5 Å². The molecule has 236 valence electrons. The standard InChI is InChI=1S/C32H29FN8O5.H2/c1-32(19-11-8-17(9-12-19)10-13-23(43)36-22(16-42)30(44)45)24-26(34)37-28(38-27(24)39-31(32)46)25-20-6-4-14-35-29(20)41(40-25)15-18-5-2-3-7-21(18)33;/h2-9,11-12,14,22,42H,10,13,15-16H2,1H3,(H,36,43)(H,44,45)(H3,34,37,38,39,46);1H/t22-,32+;/m1./s1. The Morgan fingerprint density at radius 3 is 2.61 bits per heavy atom. The van der Waals surface area contributed by atoms with Gasteiger partial charge >= 0.3 is 5.97 Å². The van der Waals surface area contributed by atoms with Crippen molar-refractivity contribution in [2.75, 3.05) is 17.7 Å². The number of nitrogens with two attached hydrogens (primary N) is 1. The molecule has 6 rings (SSSR count). The molecule has 0 fully saturated rings. The highest BCUT2D eigenvalue weighted by Gasteiger charge is 2.47. The van der Waals surface area contributed by atoms with E-state index in [2.05, 4.69) is 30.7 Å². The number of pyridine rings is 1. The first-order valence-corrected chi connectivity index (χ1v) is 14.4. The summed E-state index contributed by atoms with van der Waals surface area (Å²) in [6, 6.07) is 15.6. The third-order valence-corrected chi connectivity index (χ3v) is 8.11. The number of fused-ring (bicyclic) bond motifs is 2. The first-order chi connectivity index (χ1) is 22.1. The lowest BCUT2D eigenvalue weighted by atomic mass is 9.77. The Bertz CT molecular complexity index is 2000. The third-order valence-electron chi connectivity index (χ3n) is 8.11. The number of amides is 2. The highest BCUT2D eigenvalue weighted by molar-refractivity contribution is 6.09. The SMILES string of the molecule is C[C@@]1(c2ccc(CCC(=O)N[C@H](CO)C(=O)O)cc2)C(=O)Nc2nc(-c3nn(Cc4ccccc4F)c4ncccc34)nc(N)c21.[HH]. The van der Waals surface area contributed by atoms with Crippen molar-refractivity contribution < 1.29 is 30.4 Å². The maximum Gasteiger partial charge on any atom is 0.328 e. The van der Waals surface area contributed by atoms with Gasteiger partial charge in [-0.25, -0.2) is 28.8 Å². The van der Waals surface area contributed by atoms with Crippen LogP contribution in [-0.4, -0.2) is 65.4 Å². The number of rotatable bonds is 10. The minimum atomic E-state index is -1.37. The predicted octanol–water partition coefficient (Wildman–Crippen LogP) is 2.66. The van der Waals surface area contributed by atoms with Crippen LogP contribution in [0.3, 0.4) is 0 Å². The average molecular weight is 627 g/mol. The Morgan fingerprint density at radius 2 is 1.89 bits per heavy atom. The lowest BCUT2D eigenvalue weighted by Crippen LogP contribution is -2.43. The molecule has 3 aromatic heterocycles. The Morgan fingerprint density at radius 1 is 1.13 bits per heavy atom. The number of aliphatic hydroxyl groups excluding tert-OH is 1. The van der Waals surface area contributed by atoms with Crippen molar-refractivity contribution in [2.45, 2.75) is 37.8 Å². The molecule has 46 heavy (non-hydrogen) atoms. The van der Waals surface area contributed by atoms with Crippen LogP contribution < -0.4 is 16.4 Å². The number of hydrogen-bond donors (Lipinski definition) is 5. The van der Waals surface area contributed by atoms with Crippen LogP contribution in [0.2, 0.25) is 0 Å². The van der Waals surface area contributed by atoms with Gasteiger partial charge in [-0.2, -0.15) is 5.10 Å². The third kappa shape index (κ3) is 5.38. The molecule has 6 N–H and O–H groups in total. The van der Waals surface area contributed by atoms with Gasteiger partial charge in [0.1, 0.15) is 34.6 Å². The first-order valence-electron chi connectivity index (χ1n) is 14.4. The fraction of sp³-hybridized carbons (Fsp3) is 0.219. The molecule has 2 atom stereocenters. The minimum Gasteiger partial charge on any atom is -0.480 e. The number of aliphatic hydroxyl groups is 1. The molecular weight excluding hydrogens is 595 g/mol. The number of carbonyl (C=O) groups excluding carboxylic acids is 2. The molecule has 0 unspecified atom stereocenters. The summed E-state index contributed by atoms with van der Waals surface area (Å²) in [5.41, 5.74) is 8.41. The summed E-state index contributed by atoms with van der Waals surface area (Å²) in [7, 11) is 0. The van der Waals surface area contributed by atoms with E-state index in [1.807, 2.05) is 0 Å². The number of nitrogen functional groups attached to an aromatic ring is 1. The Kier molecular flexibility index (Phi) is 7.88. The Hall–Kier alpha value is -5.76. The second kappa shape index (κ2) is 12.0. The van der Waals surface area contributed by atoms with Gasteiger partial charge in [-0.15, -0.1) is 0 Å². The summed E-state index contributed by atoms with van der Waals surface area (Å²) in [5.74, 6) is -2.05. The quantitative estimate of drug-likeness (QED) is 0.154. The monoisotopic (exact) mass is 626 g/mol. The summed E-state index contributed by atoms with van der Waals surface area (Å²) in [6.07, 6.45) is 1.93. The zero-order valence-corrected chi connectivity index (χ0v) is 24.6. The lowest BCUT2D eigenvalue weighted by Gasteiger charge is -2.23. The Labute approximate surface area is 262 Å². The molecule has 1 aliphatic rings. The number of aryl methyl sites for hydroxylation is 1. The molecular formula is C32H31FN8O5. The van der Waals surface area contributed by atoms with Crippen LogP contribution in [0, 0.1) is 5.82 Å². The lowest BCUT2D eigenvalue weighted by molar-refractivity contribution is -0.142. The predicted molar refractivity (Wildman–Crippen MR) is 167 cm³/mol. The second-order valence-corrected chi connectivity index (χ2v) is 11.0. The molecule has 13 nitrogen and oxygen atoms in total. The van der Waals surface area contributed by atoms with Gasteiger partial charge in [-0.3, -0.25) is 9.59 Å². The zero-order valence-electron chi connectivity index (χ0n) is 24.6. The number of nitrogens with zero attached hydrogens (tertiary/aromatic N) is 5. The number of carboxylic acid groups (broad SMARTS) is 1. The van der Waals surface area contributed by atoms with E-state index in [1.54, 1.807) is 72.4 Å². The zero-order chi connectivity index (χ0) is 32.6. The number of anilines is 2. The molecule has 2 aromatic carbocycles. The fourth-order valence-electron chi connectivity index (χ4n) is 5.58. The number of carboxylic acids is 1. The van der Waals surface area contributed by atoms with Crippen LogP contribution in [0.5, 0.6) is 0 Å². The second-order valence-electron chi connectivity index (χ2n) is 11.0. The minimum absolute atomic E-state index is 0. The van der Waals surface area contributed by atoms with Crippen molar-refractivity contribution in [2.24, 2.45) is 0 Å². The number of hydrogen-bond acceptors (Lipinski definition) is 9. The first kappa shape index (κ1) is 30.3. The van der Waals surface area contributed by atoms with Gasteiger partial charge in [0.05, 0.1) is 24.1 Å². The van der Waals surface area contributed by atoms with Crippen molar-refractivity contribution in [1.29, 1.82) is 0 Å². The van der Waals surface area contributed by atoms with Gasteiger partial charge in [0.25, 0.3) is 0 Å². The van der Waals surface area contributed by atoms with Gasteiger partial charge in [0.2, 0.25) is 11.8 Å².